The highest BCUT2D eigenvalue weighted by molar-refractivity contribution is 5.81. The number of likely N-dealkylation sites (N-methyl/N-ethyl adjacent to an activating group) is 1. The number of hydrogen-bond donors (Lipinski definition) is 0. The number of carbonyl (C=O) groups excluding carboxylic acids is 1. The number of aryl methyl sites for hydroxylation is 1. The van der Waals surface area contributed by atoms with Gasteiger partial charge in [-0.2, -0.15) is 0 Å². The Labute approximate surface area is 194 Å². The van der Waals surface area contributed by atoms with Crippen LogP contribution in [-0.4, -0.2) is 67.0 Å². The summed E-state index contributed by atoms with van der Waals surface area (Å²) in [4.78, 5) is 19.3. The second-order valence-corrected chi connectivity index (χ2v) is 8.87. The van der Waals surface area contributed by atoms with Gasteiger partial charge in [0.05, 0.1) is 6.54 Å². The zero-order valence-electron chi connectivity index (χ0n) is 20.2. The molecule has 2 aromatic carbocycles. The third-order valence-corrected chi connectivity index (χ3v) is 6.11. The Morgan fingerprint density at radius 2 is 1.62 bits per heavy atom. The molecule has 0 N–H and O–H groups in total. The van der Waals surface area contributed by atoms with Crippen molar-refractivity contribution in [3.8, 4) is 5.75 Å². The van der Waals surface area contributed by atoms with Gasteiger partial charge in [0.25, 0.3) is 0 Å². The van der Waals surface area contributed by atoms with Gasteiger partial charge in [-0.1, -0.05) is 55.8 Å². The number of benzene rings is 2. The summed E-state index contributed by atoms with van der Waals surface area (Å²) in [6.07, 6.45) is 3.18. The predicted octanol–water partition coefficient (Wildman–Crippen LogP) is 4.51. The highest BCUT2D eigenvalue weighted by Gasteiger charge is 2.36. The van der Waals surface area contributed by atoms with Gasteiger partial charge in [0.15, 0.2) is 0 Å². The molecule has 0 saturated carbocycles. The summed E-state index contributed by atoms with van der Waals surface area (Å²) >= 11 is 0. The molecule has 1 amide bonds. The van der Waals surface area contributed by atoms with Crippen LogP contribution < -0.4 is 4.74 Å². The van der Waals surface area contributed by atoms with Crippen LogP contribution in [0, 0.1) is 6.92 Å². The summed E-state index contributed by atoms with van der Waals surface area (Å²) < 4.78 is 6.00. The molecule has 1 heterocycles. The lowest BCUT2D eigenvalue weighted by atomic mass is 10.1. The van der Waals surface area contributed by atoms with Crippen molar-refractivity contribution >= 4 is 5.91 Å². The van der Waals surface area contributed by atoms with Gasteiger partial charge in [0, 0.05) is 13.1 Å². The van der Waals surface area contributed by atoms with Crippen LogP contribution in [0.3, 0.4) is 0 Å². The van der Waals surface area contributed by atoms with E-state index in [-0.39, 0.29) is 12.1 Å². The predicted molar refractivity (Wildman–Crippen MR) is 131 cm³/mol. The molecule has 1 aliphatic rings. The molecule has 0 spiro atoms. The Morgan fingerprint density at radius 3 is 2.25 bits per heavy atom. The highest BCUT2D eigenvalue weighted by Crippen LogP contribution is 2.30. The average Bonchev–Trinajstić information content (AvgIpc) is 3.07. The zero-order chi connectivity index (χ0) is 22.9. The van der Waals surface area contributed by atoms with Crippen molar-refractivity contribution in [2.75, 3.05) is 46.4 Å². The van der Waals surface area contributed by atoms with E-state index in [0.29, 0.717) is 13.2 Å². The summed E-state index contributed by atoms with van der Waals surface area (Å²) in [5, 5.41) is 0. The maximum Gasteiger partial charge on any atom is 0.238 e. The van der Waals surface area contributed by atoms with E-state index in [9.17, 15) is 4.79 Å². The van der Waals surface area contributed by atoms with E-state index >= 15 is 0 Å². The van der Waals surface area contributed by atoms with Crippen molar-refractivity contribution in [1.82, 2.24) is 14.7 Å². The van der Waals surface area contributed by atoms with Crippen LogP contribution in [0.25, 0.3) is 0 Å². The van der Waals surface area contributed by atoms with Gasteiger partial charge in [0.2, 0.25) is 5.91 Å². The third-order valence-electron chi connectivity index (χ3n) is 6.11. The van der Waals surface area contributed by atoms with Crippen molar-refractivity contribution in [3.05, 3.63) is 65.2 Å². The number of rotatable bonds is 12. The van der Waals surface area contributed by atoms with Gasteiger partial charge < -0.3 is 9.64 Å². The zero-order valence-corrected chi connectivity index (χ0v) is 20.2. The quantitative estimate of drug-likeness (QED) is 0.489. The Kier molecular flexibility index (Phi) is 9.12. The van der Waals surface area contributed by atoms with Crippen molar-refractivity contribution in [1.29, 1.82) is 0 Å². The van der Waals surface area contributed by atoms with Crippen LogP contribution in [0.2, 0.25) is 0 Å². The molecule has 174 valence electrons. The van der Waals surface area contributed by atoms with Crippen molar-refractivity contribution < 1.29 is 9.53 Å². The number of ether oxygens (including phenoxy) is 1. The molecule has 5 nitrogen and oxygen atoms in total. The Morgan fingerprint density at radius 1 is 0.969 bits per heavy atom. The largest absolute Gasteiger partial charge is 0.492 e. The number of hydrogen-bond acceptors (Lipinski definition) is 4. The summed E-state index contributed by atoms with van der Waals surface area (Å²) in [5.74, 6) is 1.08. The van der Waals surface area contributed by atoms with Crippen LogP contribution in [-0.2, 0) is 11.2 Å². The lowest BCUT2D eigenvalue weighted by Gasteiger charge is -2.28. The fraction of sp³-hybridized carbons (Fsp3) is 0.519. The van der Waals surface area contributed by atoms with E-state index in [1.807, 2.05) is 24.1 Å². The Hall–Kier alpha value is -2.37. The first-order valence-electron chi connectivity index (χ1n) is 12.0. The highest BCUT2D eigenvalue weighted by atomic mass is 16.5. The molecule has 5 heteroatoms. The molecule has 32 heavy (non-hydrogen) atoms. The van der Waals surface area contributed by atoms with E-state index in [1.165, 1.54) is 24.0 Å². The molecular weight excluding hydrogens is 398 g/mol. The van der Waals surface area contributed by atoms with E-state index in [4.69, 9.17) is 4.74 Å². The standard InChI is InChI=1S/C27H39N3O2/c1-5-16-29(17-6-2)19-20-32-25-13-11-24(12-14-25)27-28(4)21-26(31)30(27)18-15-23-9-7-22(3)8-10-23/h7-14,27H,5-6,15-21H2,1-4H3. The average molecular weight is 438 g/mol. The van der Waals surface area contributed by atoms with Crippen LogP contribution in [0.1, 0.15) is 49.5 Å². The van der Waals surface area contributed by atoms with Crippen molar-refractivity contribution in [3.63, 3.8) is 0 Å². The maximum absolute atomic E-state index is 12.7. The minimum Gasteiger partial charge on any atom is -0.492 e. The number of amides is 1. The second-order valence-electron chi connectivity index (χ2n) is 8.87. The first-order valence-corrected chi connectivity index (χ1v) is 12.0. The van der Waals surface area contributed by atoms with Crippen LogP contribution in [0.5, 0.6) is 5.75 Å². The summed E-state index contributed by atoms with van der Waals surface area (Å²) in [5.41, 5.74) is 3.66. The molecule has 2 aromatic rings. The maximum atomic E-state index is 12.7. The molecule has 0 bridgehead atoms. The molecule has 0 radical (unpaired) electrons. The molecule has 1 saturated heterocycles. The molecule has 1 unspecified atom stereocenters. The number of carbonyl (C=O) groups is 1. The van der Waals surface area contributed by atoms with Crippen molar-refractivity contribution in [2.24, 2.45) is 0 Å². The Bertz CT molecular complexity index is 829. The minimum atomic E-state index is -0.0217. The Balaban J connectivity index is 1.58. The normalized spacial score (nSPS) is 16.8. The van der Waals surface area contributed by atoms with E-state index in [1.54, 1.807) is 0 Å². The molecule has 1 fully saturated rings. The third kappa shape index (κ3) is 6.57. The van der Waals surface area contributed by atoms with E-state index in [2.05, 4.69) is 67.0 Å². The molecule has 3 rings (SSSR count). The van der Waals surface area contributed by atoms with Gasteiger partial charge >= 0.3 is 0 Å². The lowest BCUT2D eigenvalue weighted by Crippen LogP contribution is -2.32. The second kappa shape index (κ2) is 12.0. The molecule has 0 aliphatic carbocycles. The van der Waals surface area contributed by atoms with Crippen LogP contribution in [0.4, 0.5) is 0 Å². The fourth-order valence-corrected chi connectivity index (χ4v) is 4.45. The van der Waals surface area contributed by atoms with Gasteiger partial charge in [-0.05, 0) is 69.6 Å². The minimum absolute atomic E-state index is 0.0217. The van der Waals surface area contributed by atoms with E-state index < -0.39 is 0 Å². The summed E-state index contributed by atoms with van der Waals surface area (Å²) in [6.45, 7) is 11.6. The van der Waals surface area contributed by atoms with E-state index in [0.717, 1.165) is 43.9 Å². The molecule has 0 aromatic heterocycles. The monoisotopic (exact) mass is 437 g/mol. The topological polar surface area (TPSA) is 36.0 Å². The smallest absolute Gasteiger partial charge is 0.238 e. The first kappa shape index (κ1) is 24.3. The number of nitrogens with zero attached hydrogens (tertiary/aromatic N) is 3. The van der Waals surface area contributed by atoms with Gasteiger partial charge in [-0.15, -0.1) is 0 Å². The van der Waals surface area contributed by atoms with Crippen LogP contribution in [0.15, 0.2) is 48.5 Å². The molecule has 1 atom stereocenters. The first-order chi connectivity index (χ1) is 15.5. The van der Waals surface area contributed by atoms with Crippen molar-refractivity contribution in [2.45, 2.75) is 46.2 Å². The summed E-state index contributed by atoms with van der Waals surface area (Å²) in [6, 6.07) is 16.8. The van der Waals surface area contributed by atoms with Crippen LogP contribution >= 0.6 is 0 Å². The van der Waals surface area contributed by atoms with Gasteiger partial charge in [-0.25, -0.2) is 0 Å². The molecular formula is C27H39N3O2. The summed E-state index contributed by atoms with van der Waals surface area (Å²) in [7, 11) is 2.02. The fourth-order valence-electron chi connectivity index (χ4n) is 4.45. The molecule has 1 aliphatic heterocycles. The van der Waals surface area contributed by atoms with Gasteiger partial charge in [-0.3, -0.25) is 14.6 Å². The van der Waals surface area contributed by atoms with Gasteiger partial charge in [0.1, 0.15) is 18.5 Å². The lowest BCUT2D eigenvalue weighted by molar-refractivity contribution is -0.128. The SMILES string of the molecule is CCCN(CCC)CCOc1ccc(C2N(C)CC(=O)N2CCc2ccc(C)cc2)cc1.